The van der Waals surface area contributed by atoms with Crippen LogP contribution >= 0.6 is 0 Å². The van der Waals surface area contributed by atoms with Gasteiger partial charge in [-0.3, -0.25) is 10.0 Å². The lowest BCUT2D eigenvalue weighted by Crippen LogP contribution is -2.11. The van der Waals surface area contributed by atoms with Gasteiger partial charge in [0.25, 0.3) is 0 Å². The van der Waals surface area contributed by atoms with Crippen LogP contribution in [0.3, 0.4) is 0 Å². The van der Waals surface area contributed by atoms with Gasteiger partial charge in [-0.15, -0.1) is 0 Å². The zero-order valence-corrected chi connectivity index (χ0v) is 7.06. The van der Waals surface area contributed by atoms with Crippen LogP contribution in [0.2, 0.25) is 0 Å². The van der Waals surface area contributed by atoms with Crippen LogP contribution in [0.15, 0.2) is 23.9 Å². The summed E-state index contributed by atoms with van der Waals surface area (Å²) in [5, 5.41) is 18.7. The summed E-state index contributed by atoms with van der Waals surface area (Å²) in [6.07, 6.45) is 1.26. The van der Waals surface area contributed by atoms with Crippen molar-refractivity contribution in [2.24, 2.45) is 0 Å². The van der Waals surface area contributed by atoms with Gasteiger partial charge >= 0.3 is 0 Å². The van der Waals surface area contributed by atoms with Crippen LogP contribution in [-0.2, 0) is 4.84 Å². The van der Waals surface area contributed by atoms with E-state index in [4.69, 9.17) is 4.84 Å². The molecule has 0 fully saturated rings. The molecule has 0 saturated heterocycles. The SMILES string of the molecule is CC1=CC(n2c(O)ccc2O)ON1. The quantitative estimate of drug-likeness (QED) is 0.602. The van der Waals surface area contributed by atoms with Crippen molar-refractivity contribution in [2.45, 2.75) is 13.2 Å². The molecule has 1 aromatic heterocycles. The predicted octanol–water partition coefficient (Wildman–Crippen LogP) is 0.836. The molecule has 70 valence electrons. The molecular formula is C8H10N2O3. The number of aromatic nitrogens is 1. The van der Waals surface area contributed by atoms with E-state index < -0.39 is 6.23 Å². The second-order valence-corrected chi connectivity index (χ2v) is 2.88. The number of nitrogens with one attached hydrogen (secondary N) is 1. The third-order valence-electron chi connectivity index (χ3n) is 1.86. The highest BCUT2D eigenvalue weighted by Gasteiger charge is 2.20. The molecular weight excluding hydrogens is 172 g/mol. The number of hydrogen-bond donors (Lipinski definition) is 3. The Hall–Kier alpha value is -1.62. The molecule has 0 aliphatic carbocycles. The molecule has 1 aromatic rings. The summed E-state index contributed by atoms with van der Waals surface area (Å²) in [6, 6.07) is 2.81. The molecule has 1 atom stereocenters. The summed E-state index contributed by atoms with van der Waals surface area (Å²) in [5.74, 6) is -0.0644. The van der Waals surface area contributed by atoms with E-state index in [9.17, 15) is 10.2 Å². The van der Waals surface area contributed by atoms with E-state index in [1.54, 1.807) is 6.08 Å². The Morgan fingerprint density at radius 2 is 2.00 bits per heavy atom. The molecule has 2 rings (SSSR count). The number of hydrogen-bond acceptors (Lipinski definition) is 4. The van der Waals surface area contributed by atoms with Crippen molar-refractivity contribution in [1.29, 1.82) is 0 Å². The van der Waals surface area contributed by atoms with Gasteiger partial charge < -0.3 is 10.2 Å². The summed E-state index contributed by atoms with van der Waals surface area (Å²) < 4.78 is 1.27. The molecule has 5 nitrogen and oxygen atoms in total. The van der Waals surface area contributed by atoms with Crippen LogP contribution in [0, 0.1) is 0 Å². The molecule has 0 radical (unpaired) electrons. The van der Waals surface area contributed by atoms with Crippen molar-refractivity contribution in [3.05, 3.63) is 23.9 Å². The predicted molar refractivity (Wildman–Crippen MR) is 44.8 cm³/mol. The number of rotatable bonds is 1. The van der Waals surface area contributed by atoms with Crippen LogP contribution in [0.25, 0.3) is 0 Å². The number of allylic oxidation sites excluding steroid dienone is 1. The lowest BCUT2D eigenvalue weighted by atomic mass is 10.4. The Labute approximate surface area is 74.8 Å². The van der Waals surface area contributed by atoms with Gasteiger partial charge in [-0.2, -0.15) is 0 Å². The fourth-order valence-electron chi connectivity index (χ4n) is 1.25. The van der Waals surface area contributed by atoms with Crippen LogP contribution < -0.4 is 5.48 Å². The maximum Gasteiger partial charge on any atom is 0.196 e. The van der Waals surface area contributed by atoms with E-state index in [0.717, 1.165) is 5.70 Å². The molecule has 1 aliphatic rings. The first-order valence-electron chi connectivity index (χ1n) is 3.88. The van der Waals surface area contributed by atoms with Gasteiger partial charge in [-0.1, -0.05) is 0 Å². The van der Waals surface area contributed by atoms with Gasteiger partial charge in [0.1, 0.15) is 0 Å². The van der Waals surface area contributed by atoms with E-state index in [-0.39, 0.29) is 11.8 Å². The monoisotopic (exact) mass is 182 g/mol. The highest BCUT2D eigenvalue weighted by molar-refractivity contribution is 5.26. The molecule has 13 heavy (non-hydrogen) atoms. The highest BCUT2D eigenvalue weighted by Crippen LogP contribution is 2.29. The van der Waals surface area contributed by atoms with E-state index in [1.165, 1.54) is 16.7 Å². The van der Waals surface area contributed by atoms with Gasteiger partial charge in [0.05, 0.1) is 0 Å². The van der Waals surface area contributed by atoms with Crippen LogP contribution in [0.4, 0.5) is 0 Å². The third kappa shape index (κ3) is 1.23. The van der Waals surface area contributed by atoms with Crippen molar-refractivity contribution in [2.75, 3.05) is 0 Å². The van der Waals surface area contributed by atoms with Crippen LogP contribution in [-0.4, -0.2) is 14.8 Å². The number of nitrogens with zero attached hydrogens (tertiary/aromatic N) is 1. The minimum Gasteiger partial charge on any atom is -0.494 e. The van der Waals surface area contributed by atoms with E-state index in [2.05, 4.69) is 5.48 Å². The standard InChI is InChI=1S/C8H10N2O3/c1-5-4-8(13-9-5)10-6(11)2-3-7(10)12/h2-4,8-9,11-12H,1H3. The molecule has 0 saturated carbocycles. The van der Waals surface area contributed by atoms with Crippen molar-refractivity contribution in [3.8, 4) is 11.8 Å². The molecule has 2 heterocycles. The average molecular weight is 182 g/mol. The van der Waals surface area contributed by atoms with Gasteiger partial charge in [0, 0.05) is 17.8 Å². The Morgan fingerprint density at radius 3 is 2.46 bits per heavy atom. The Morgan fingerprint density at radius 1 is 1.38 bits per heavy atom. The maximum atomic E-state index is 9.34. The minimum absolute atomic E-state index is 0.0322. The topological polar surface area (TPSA) is 66.7 Å². The van der Waals surface area contributed by atoms with E-state index in [0.29, 0.717) is 0 Å². The molecule has 0 bridgehead atoms. The highest BCUT2D eigenvalue weighted by atomic mass is 16.7. The number of hydroxylamine groups is 1. The minimum atomic E-state index is -0.491. The first-order chi connectivity index (χ1) is 6.18. The van der Waals surface area contributed by atoms with Gasteiger partial charge in [-0.05, 0) is 13.0 Å². The maximum absolute atomic E-state index is 9.34. The Balaban J connectivity index is 2.35. The van der Waals surface area contributed by atoms with E-state index >= 15 is 0 Å². The second kappa shape index (κ2) is 2.70. The molecule has 1 aliphatic heterocycles. The second-order valence-electron chi connectivity index (χ2n) is 2.88. The summed E-state index contributed by atoms with van der Waals surface area (Å²) in [4.78, 5) is 5.07. The smallest absolute Gasteiger partial charge is 0.196 e. The van der Waals surface area contributed by atoms with Crippen molar-refractivity contribution >= 4 is 0 Å². The first-order valence-corrected chi connectivity index (χ1v) is 3.88. The number of aromatic hydroxyl groups is 2. The van der Waals surface area contributed by atoms with Gasteiger partial charge in [-0.25, -0.2) is 4.84 Å². The zero-order valence-electron chi connectivity index (χ0n) is 7.06. The Kier molecular flexibility index (Phi) is 1.66. The molecule has 5 heteroatoms. The zero-order chi connectivity index (χ0) is 9.42. The van der Waals surface area contributed by atoms with Crippen molar-refractivity contribution in [3.63, 3.8) is 0 Å². The summed E-state index contributed by atoms with van der Waals surface area (Å²) >= 11 is 0. The Bertz CT molecular complexity index is 337. The van der Waals surface area contributed by atoms with Crippen LogP contribution in [0.5, 0.6) is 11.8 Å². The fraction of sp³-hybridized carbons (Fsp3) is 0.250. The molecule has 0 amide bonds. The molecule has 3 N–H and O–H groups in total. The lowest BCUT2D eigenvalue weighted by Gasteiger charge is -2.11. The van der Waals surface area contributed by atoms with Gasteiger partial charge in [0.2, 0.25) is 0 Å². The summed E-state index contributed by atoms with van der Waals surface area (Å²) in [7, 11) is 0. The first kappa shape index (κ1) is 8.00. The molecule has 0 spiro atoms. The van der Waals surface area contributed by atoms with Crippen molar-refractivity contribution < 1.29 is 15.1 Å². The van der Waals surface area contributed by atoms with Crippen LogP contribution in [0.1, 0.15) is 13.2 Å². The molecule has 0 aromatic carbocycles. The summed E-state index contributed by atoms with van der Waals surface area (Å²) in [6.45, 7) is 1.83. The normalized spacial score (nSPS) is 21.3. The van der Waals surface area contributed by atoms with Crippen molar-refractivity contribution in [1.82, 2.24) is 10.0 Å². The largest absolute Gasteiger partial charge is 0.494 e. The van der Waals surface area contributed by atoms with E-state index in [1.807, 2.05) is 6.92 Å². The third-order valence-corrected chi connectivity index (χ3v) is 1.86. The van der Waals surface area contributed by atoms with Gasteiger partial charge in [0.15, 0.2) is 18.0 Å². The molecule has 1 unspecified atom stereocenters. The lowest BCUT2D eigenvalue weighted by molar-refractivity contribution is -0.00550. The summed E-state index contributed by atoms with van der Waals surface area (Å²) in [5.41, 5.74) is 3.48. The average Bonchev–Trinajstić information content (AvgIpc) is 2.60. The fourth-order valence-corrected chi connectivity index (χ4v) is 1.25.